The number of ether oxygens (including phenoxy) is 2. The second-order valence-corrected chi connectivity index (χ2v) is 10.3. The van der Waals surface area contributed by atoms with Crippen molar-refractivity contribution in [1.29, 1.82) is 0 Å². The third-order valence-corrected chi connectivity index (χ3v) is 6.00. The summed E-state index contributed by atoms with van der Waals surface area (Å²) < 4.78 is 16.4. The Morgan fingerprint density at radius 1 is 0.975 bits per heavy atom. The minimum absolute atomic E-state index is 0.130. The van der Waals surface area contributed by atoms with E-state index in [-0.39, 0.29) is 19.0 Å². The van der Waals surface area contributed by atoms with E-state index in [2.05, 4.69) is 20.7 Å². The van der Waals surface area contributed by atoms with Gasteiger partial charge in [-0.05, 0) is 87.0 Å². The van der Waals surface area contributed by atoms with Gasteiger partial charge in [0.1, 0.15) is 29.6 Å². The maximum atomic E-state index is 13.9. The summed E-state index contributed by atoms with van der Waals surface area (Å²) in [5.41, 5.74) is 0.992. The number of aryl methyl sites for hydroxylation is 1. The second-order valence-electron chi connectivity index (χ2n) is 10.3. The lowest BCUT2D eigenvalue weighted by molar-refractivity contribution is -0.143. The number of carbonyl (C=O) groups is 2. The number of hydrogen-bond acceptors (Lipinski definition) is 8. The molecule has 2 amide bonds. The van der Waals surface area contributed by atoms with Gasteiger partial charge in [0.2, 0.25) is 11.7 Å². The van der Waals surface area contributed by atoms with Gasteiger partial charge >= 0.3 is 0 Å². The molecular formula is C29H34N6O5. The molecule has 11 heteroatoms. The SMILES string of the molecule is COc1ccc(CN(C(=O)Cn2nnc(-c3ccc(OC)cc3)n2)[C@H](C(=O)NC(C)(C)C)c2ccc(C)o2)cc1. The Bertz CT molecular complexity index is 1440. The first kappa shape index (κ1) is 28.3. The van der Waals surface area contributed by atoms with Crippen molar-refractivity contribution in [3.8, 4) is 22.9 Å². The first-order valence-corrected chi connectivity index (χ1v) is 12.8. The van der Waals surface area contributed by atoms with Crippen LogP contribution in [0.3, 0.4) is 0 Å². The Kier molecular flexibility index (Phi) is 8.52. The summed E-state index contributed by atoms with van der Waals surface area (Å²) in [4.78, 5) is 30.2. The van der Waals surface area contributed by atoms with Crippen LogP contribution in [0.1, 0.15) is 43.9 Å². The van der Waals surface area contributed by atoms with Crippen LogP contribution >= 0.6 is 0 Å². The Morgan fingerprint density at radius 3 is 2.15 bits per heavy atom. The third-order valence-electron chi connectivity index (χ3n) is 6.00. The monoisotopic (exact) mass is 546 g/mol. The molecule has 2 aromatic heterocycles. The van der Waals surface area contributed by atoms with Gasteiger partial charge in [0.15, 0.2) is 6.04 Å². The Labute approximate surface area is 233 Å². The van der Waals surface area contributed by atoms with Crippen molar-refractivity contribution in [2.24, 2.45) is 0 Å². The van der Waals surface area contributed by atoms with Gasteiger partial charge in [0.05, 0.1) is 14.2 Å². The Balaban J connectivity index is 1.67. The van der Waals surface area contributed by atoms with Gasteiger partial charge in [-0.3, -0.25) is 9.59 Å². The highest BCUT2D eigenvalue weighted by molar-refractivity contribution is 5.88. The highest BCUT2D eigenvalue weighted by Gasteiger charge is 2.36. The first-order valence-electron chi connectivity index (χ1n) is 12.8. The van der Waals surface area contributed by atoms with Gasteiger partial charge in [-0.1, -0.05) is 12.1 Å². The number of rotatable bonds is 10. The highest BCUT2D eigenvalue weighted by atomic mass is 16.5. The number of methoxy groups -OCH3 is 2. The molecule has 0 aliphatic heterocycles. The van der Waals surface area contributed by atoms with Gasteiger partial charge in [-0.2, -0.15) is 4.80 Å². The normalized spacial score (nSPS) is 12.1. The van der Waals surface area contributed by atoms with Crippen molar-refractivity contribution in [1.82, 2.24) is 30.4 Å². The van der Waals surface area contributed by atoms with E-state index in [1.807, 2.05) is 45.0 Å². The molecule has 1 atom stereocenters. The molecule has 4 aromatic rings. The van der Waals surface area contributed by atoms with Gasteiger partial charge < -0.3 is 24.1 Å². The van der Waals surface area contributed by atoms with Crippen molar-refractivity contribution in [3.05, 3.63) is 77.7 Å². The van der Waals surface area contributed by atoms with Crippen molar-refractivity contribution >= 4 is 11.8 Å². The number of nitrogens with zero attached hydrogens (tertiary/aromatic N) is 5. The van der Waals surface area contributed by atoms with Gasteiger partial charge in [0, 0.05) is 17.6 Å². The van der Waals surface area contributed by atoms with Gasteiger partial charge in [-0.15, -0.1) is 10.2 Å². The fourth-order valence-corrected chi connectivity index (χ4v) is 4.09. The smallest absolute Gasteiger partial charge is 0.251 e. The Morgan fingerprint density at radius 2 is 1.60 bits per heavy atom. The minimum Gasteiger partial charge on any atom is -0.497 e. The maximum absolute atomic E-state index is 13.9. The summed E-state index contributed by atoms with van der Waals surface area (Å²) in [5, 5.41) is 15.6. The standard InChI is InChI=1S/C29H34N6O5/c1-19-7-16-24(40-19)26(28(37)30-29(2,3)4)34(17-20-8-12-22(38-5)13-9-20)25(36)18-35-32-27(31-33-35)21-10-14-23(39-6)15-11-21/h7-16,26H,17-18H2,1-6H3,(H,30,37)/t26-/m0/s1. The molecule has 40 heavy (non-hydrogen) atoms. The lowest BCUT2D eigenvalue weighted by Gasteiger charge is -2.32. The predicted molar refractivity (Wildman–Crippen MR) is 147 cm³/mol. The molecule has 0 fully saturated rings. The molecule has 0 aliphatic carbocycles. The van der Waals surface area contributed by atoms with Crippen molar-refractivity contribution < 1.29 is 23.5 Å². The largest absolute Gasteiger partial charge is 0.497 e. The number of benzene rings is 2. The van der Waals surface area contributed by atoms with Crippen LogP contribution in [0, 0.1) is 6.92 Å². The van der Waals surface area contributed by atoms with Crippen molar-refractivity contribution in [2.75, 3.05) is 14.2 Å². The number of tetrazole rings is 1. The van der Waals surface area contributed by atoms with Gasteiger partial charge in [0.25, 0.3) is 5.91 Å². The molecule has 1 N–H and O–H groups in total. The molecule has 4 rings (SSSR count). The van der Waals surface area contributed by atoms with Crippen LogP contribution in [-0.2, 0) is 22.7 Å². The molecule has 0 aliphatic rings. The van der Waals surface area contributed by atoms with Crippen LogP contribution in [0.25, 0.3) is 11.4 Å². The molecule has 11 nitrogen and oxygen atoms in total. The van der Waals surface area contributed by atoms with Crippen molar-refractivity contribution in [3.63, 3.8) is 0 Å². The molecule has 0 spiro atoms. The van der Waals surface area contributed by atoms with Crippen molar-refractivity contribution in [2.45, 2.75) is 52.4 Å². The fourth-order valence-electron chi connectivity index (χ4n) is 4.09. The average molecular weight is 547 g/mol. The summed E-state index contributed by atoms with van der Waals surface area (Å²) in [5.74, 6) is 1.97. The van der Waals surface area contributed by atoms with E-state index in [0.29, 0.717) is 28.8 Å². The van der Waals surface area contributed by atoms with Crippen LogP contribution in [0.15, 0.2) is 65.1 Å². The lowest BCUT2D eigenvalue weighted by Crippen LogP contribution is -2.49. The van der Waals surface area contributed by atoms with E-state index in [4.69, 9.17) is 13.9 Å². The molecule has 2 aromatic carbocycles. The van der Waals surface area contributed by atoms with Crippen LogP contribution in [0.5, 0.6) is 11.5 Å². The molecule has 0 unspecified atom stereocenters. The molecule has 0 saturated carbocycles. The van der Waals surface area contributed by atoms with Crippen LogP contribution in [0.4, 0.5) is 0 Å². The molecule has 0 saturated heterocycles. The summed E-state index contributed by atoms with van der Waals surface area (Å²) in [6.45, 7) is 7.32. The van der Waals surface area contributed by atoms with E-state index >= 15 is 0 Å². The molecule has 0 radical (unpaired) electrons. The van der Waals surface area contributed by atoms with Gasteiger partial charge in [-0.25, -0.2) is 0 Å². The number of amides is 2. The molecular weight excluding hydrogens is 512 g/mol. The fraction of sp³-hybridized carbons (Fsp3) is 0.345. The number of aromatic nitrogens is 4. The Hall–Kier alpha value is -4.67. The minimum atomic E-state index is -1.04. The molecule has 210 valence electrons. The zero-order chi connectivity index (χ0) is 28.9. The summed E-state index contributed by atoms with van der Waals surface area (Å²) in [6.07, 6.45) is 0. The van der Waals surface area contributed by atoms with E-state index in [0.717, 1.165) is 11.1 Å². The second kappa shape index (κ2) is 12.0. The summed E-state index contributed by atoms with van der Waals surface area (Å²) in [7, 11) is 3.17. The topological polar surface area (TPSA) is 125 Å². The average Bonchev–Trinajstić information content (AvgIpc) is 3.56. The quantitative estimate of drug-likeness (QED) is 0.317. The highest BCUT2D eigenvalue weighted by Crippen LogP contribution is 2.27. The third kappa shape index (κ3) is 7.04. The zero-order valence-corrected chi connectivity index (χ0v) is 23.5. The predicted octanol–water partition coefficient (Wildman–Crippen LogP) is 3.94. The number of furan rings is 1. The lowest BCUT2D eigenvalue weighted by atomic mass is 10.1. The van der Waals surface area contributed by atoms with E-state index in [1.165, 1.54) is 9.70 Å². The van der Waals surface area contributed by atoms with E-state index in [1.54, 1.807) is 57.5 Å². The maximum Gasteiger partial charge on any atom is 0.251 e. The van der Waals surface area contributed by atoms with Crippen LogP contribution < -0.4 is 14.8 Å². The zero-order valence-electron chi connectivity index (χ0n) is 23.5. The van der Waals surface area contributed by atoms with Crippen LogP contribution in [-0.4, -0.2) is 56.7 Å². The summed E-state index contributed by atoms with van der Waals surface area (Å²) in [6, 6.07) is 17.0. The molecule has 0 bridgehead atoms. The number of nitrogens with one attached hydrogen (secondary N) is 1. The number of hydrogen-bond donors (Lipinski definition) is 1. The first-order chi connectivity index (χ1) is 19.1. The van der Waals surface area contributed by atoms with Crippen LogP contribution in [0.2, 0.25) is 0 Å². The van der Waals surface area contributed by atoms with E-state index in [9.17, 15) is 9.59 Å². The van der Waals surface area contributed by atoms with E-state index < -0.39 is 17.5 Å². The molecule has 2 heterocycles. The number of carbonyl (C=O) groups excluding carboxylic acids is 2. The summed E-state index contributed by atoms with van der Waals surface area (Å²) >= 11 is 0.